The van der Waals surface area contributed by atoms with Gasteiger partial charge in [-0.1, -0.05) is 35.9 Å². The van der Waals surface area contributed by atoms with Crippen molar-refractivity contribution >= 4 is 22.5 Å². The average molecular weight is 304 g/mol. The number of fused-ring (bicyclic) bond motifs is 1. The molecule has 3 nitrogen and oxygen atoms in total. The van der Waals surface area contributed by atoms with Crippen LogP contribution in [0.4, 0.5) is 0 Å². The molecule has 0 aromatic carbocycles. The summed E-state index contributed by atoms with van der Waals surface area (Å²) < 4.78 is 0. The molecular weight excluding hydrogens is 282 g/mol. The van der Waals surface area contributed by atoms with Gasteiger partial charge in [-0.25, -0.2) is 4.98 Å². The van der Waals surface area contributed by atoms with E-state index in [2.05, 4.69) is 46.7 Å². The Morgan fingerprint density at radius 1 is 1.38 bits per heavy atom. The number of aromatic amines is 1. The van der Waals surface area contributed by atoms with Crippen molar-refractivity contribution in [2.75, 3.05) is 6.54 Å². The molecule has 0 amide bonds. The third kappa shape index (κ3) is 5.58. The fourth-order valence-electron chi connectivity index (χ4n) is 1.87. The van der Waals surface area contributed by atoms with Gasteiger partial charge in [0.15, 0.2) is 5.15 Å². The van der Waals surface area contributed by atoms with Gasteiger partial charge in [-0.05, 0) is 32.0 Å². The summed E-state index contributed by atoms with van der Waals surface area (Å²) in [5.41, 5.74) is 2.04. The molecule has 0 aliphatic carbocycles. The van der Waals surface area contributed by atoms with E-state index < -0.39 is 0 Å². The van der Waals surface area contributed by atoms with Crippen molar-refractivity contribution in [3.63, 3.8) is 0 Å². The molecule has 21 heavy (non-hydrogen) atoms. The Kier molecular flexibility index (Phi) is 8.17. The minimum atomic E-state index is 0.526. The van der Waals surface area contributed by atoms with Crippen LogP contribution in [-0.2, 0) is 6.54 Å². The average Bonchev–Trinajstić information content (AvgIpc) is 2.93. The first-order valence-corrected chi connectivity index (χ1v) is 7.29. The van der Waals surface area contributed by atoms with Crippen molar-refractivity contribution in [3.05, 3.63) is 66.6 Å². The minimum absolute atomic E-state index is 0.526. The monoisotopic (exact) mass is 303 g/mol. The third-order valence-corrected chi connectivity index (χ3v) is 3.08. The zero-order chi connectivity index (χ0) is 15.5. The highest BCUT2D eigenvalue weighted by molar-refractivity contribution is 6.33. The van der Waals surface area contributed by atoms with Crippen molar-refractivity contribution in [1.82, 2.24) is 15.3 Å². The highest BCUT2D eigenvalue weighted by Crippen LogP contribution is 2.20. The number of H-pyrrole nitrogens is 1. The lowest BCUT2D eigenvalue weighted by Gasteiger charge is -1.99. The van der Waals surface area contributed by atoms with Gasteiger partial charge in [0.25, 0.3) is 0 Å². The highest BCUT2D eigenvalue weighted by atomic mass is 35.5. The molecular formula is C17H22ClN3. The number of pyridine rings is 1. The Hall–Kier alpha value is -1.84. The van der Waals surface area contributed by atoms with E-state index in [0.717, 1.165) is 36.1 Å². The number of nitrogens with zero attached hydrogens (tertiary/aromatic N) is 1. The number of rotatable bonds is 6. The molecule has 0 fully saturated rings. The topological polar surface area (TPSA) is 40.7 Å². The van der Waals surface area contributed by atoms with Crippen LogP contribution in [0.2, 0.25) is 5.15 Å². The summed E-state index contributed by atoms with van der Waals surface area (Å²) in [6.45, 7) is 9.77. The molecule has 112 valence electrons. The summed E-state index contributed by atoms with van der Waals surface area (Å²) in [5.74, 6) is 0. The van der Waals surface area contributed by atoms with Gasteiger partial charge in [0.1, 0.15) is 0 Å². The maximum Gasteiger partial charge on any atom is 0.153 e. The Labute approximate surface area is 131 Å². The van der Waals surface area contributed by atoms with Gasteiger partial charge < -0.3 is 10.3 Å². The molecule has 0 unspecified atom stereocenters. The maximum absolute atomic E-state index is 6.02. The van der Waals surface area contributed by atoms with Crippen LogP contribution < -0.4 is 5.32 Å². The molecule has 0 spiro atoms. The van der Waals surface area contributed by atoms with Gasteiger partial charge in [0, 0.05) is 23.8 Å². The zero-order valence-electron chi connectivity index (χ0n) is 12.4. The molecule has 2 heterocycles. The molecule has 2 aromatic rings. The first-order valence-electron chi connectivity index (χ1n) is 6.92. The quantitative estimate of drug-likeness (QED) is 0.353. The Morgan fingerprint density at radius 3 is 2.90 bits per heavy atom. The first kappa shape index (κ1) is 17.2. The van der Waals surface area contributed by atoms with E-state index >= 15 is 0 Å². The van der Waals surface area contributed by atoms with Crippen LogP contribution in [0.25, 0.3) is 10.9 Å². The number of allylic oxidation sites excluding steroid dienone is 3. The predicted octanol–water partition coefficient (Wildman–Crippen LogP) is 4.63. The lowest BCUT2D eigenvalue weighted by atomic mass is 10.3. The smallest absolute Gasteiger partial charge is 0.153 e. The first-order chi connectivity index (χ1) is 10.3. The van der Waals surface area contributed by atoms with Crippen LogP contribution in [0, 0.1) is 0 Å². The van der Waals surface area contributed by atoms with Crippen molar-refractivity contribution < 1.29 is 0 Å². The van der Waals surface area contributed by atoms with Gasteiger partial charge in [-0.2, -0.15) is 0 Å². The second-order valence-electron chi connectivity index (χ2n) is 4.28. The number of aromatic nitrogens is 2. The summed E-state index contributed by atoms with van der Waals surface area (Å²) in [6.07, 6.45) is 11.0. The Morgan fingerprint density at radius 2 is 2.19 bits per heavy atom. The summed E-state index contributed by atoms with van der Waals surface area (Å²) in [4.78, 5) is 7.35. The fourth-order valence-corrected chi connectivity index (χ4v) is 2.08. The molecule has 2 rings (SSSR count). The van der Waals surface area contributed by atoms with Crippen LogP contribution in [0.1, 0.15) is 19.0 Å². The molecule has 0 aliphatic rings. The van der Waals surface area contributed by atoms with Crippen molar-refractivity contribution in [1.29, 1.82) is 0 Å². The molecule has 0 radical (unpaired) electrons. The lowest BCUT2D eigenvalue weighted by molar-refractivity contribution is 0.686. The molecule has 0 bridgehead atoms. The van der Waals surface area contributed by atoms with Gasteiger partial charge >= 0.3 is 0 Å². The molecule has 4 heteroatoms. The molecule has 0 saturated heterocycles. The highest BCUT2D eigenvalue weighted by Gasteiger charge is 2.03. The second-order valence-corrected chi connectivity index (χ2v) is 4.64. The van der Waals surface area contributed by atoms with E-state index in [-0.39, 0.29) is 0 Å². The van der Waals surface area contributed by atoms with Crippen LogP contribution in [0.3, 0.4) is 0 Å². The molecule has 0 saturated carbocycles. The van der Waals surface area contributed by atoms with E-state index in [1.807, 2.05) is 25.1 Å². The summed E-state index contributed by atoms with van der Waals surface area (Å²) in [5, 5.41) is 5.02. The van der Waals surface area contributed by atoms with Crippen molar-refractivity contribution in [2.45, 2.75) is 19.9 Å². The second kappa shape index (κ2) is 9.97. The van der Waals surface area contributed by atoms with Crippen LogP contribution in [-0.4, -0.2) is 16.5 Å². The largest absolute Gasteiger partial charge is 0.355 e. The summed E-state index contributed by atoms with van der Waals surface area (Å²) >= 11 is 6.02. The molecule has 2 aromatic heterocycles. The zero-order valence-corrected chi connectivity index (χ0v) is 13.2. The maximum atomic E-state index is 6.02. The third-order valence-electron chi connectivity index (χ3n) is 2.80. The standard InChI is InChI=1S/C15H18ClN3.C2H4/c1-2-3-4-5-6-8-17-11-13-10-12-7-9-18-15(16)14(12)19-13;1-2/h2-5,7,9-10,17,19H,6,8,11H2,1H3;1-2H2/b3-2-,5-4-;. The Balaban J connectivity index is 0.00000106. The molecule has 0 atom stereocenters. The van der Waals surface area contributed by atoms with E-state index in [1.54, 1.807) is 6.20 Å². The van der Waals surface area contributed by atoms with Crippen molar-refractivity contribution in [3.8, 4) is 0 Å². The fraction of sp³-hybridized carbons (Fsp3) is 0.235. The molecule has 2 N–H and O–H groups in total. The minimum Gasteiger partial charge on any atom is -0.355 e. The van der Waals surface area contributed by atoms with Crippen molar-refractivity contribution in [2.24, 2.45) is 0 Å². The van der Waals surface area contributed by atoms with E-state index in [4.69, 9.17) is 11.6 Å². The summed E-state index contributed by atoms with van der Waals surface area (Å²) in [6, 6.07) is 4.06. The van der Waals surface area contributed by atoms with Gasteiger partial charge in [0.05, 0.1) is 5.52 Å². The van der Waals surface area contributed by atoms with E-state index in [1.165, 1.54) is 0 Å². The predicted molar refractivity (Wildman–Crippen MR) is 92.6 cm³/mol. The SMILES string of the molecule is C/C=C\C=C/CCNCc1cc2ccnc(Cl)c2[nH]1.C=C. The van der Waals surface area contributed by atoms with Crippen LogP contribution in [0.5, 0.6) is 0 Å². The van der Waals surface area contributed by atoms with E-state index in [0.29, 0.717) is 5.15 Å². The van der Waals surface area contributed by atoms with E-state index in [9.17, 15) is 0 Å². The number of hydrogen-bond donors (Lipinski definition) is 2. The van der Waals surface area contributed by atoms with Gasteiger partial charge in [0.2, 0.25) is 0 Å². The molecule has 0 aliphatic heterocycles. The Bertz CT molecular complexity index is 599. The number of halogens is 1. The normalized spacial score (nSPS) is 11.1. The van der Waals surface area contributed by atoms with Gasteiger partial charge in [-0.15, -0.1) is 13.2 Å². The van der Waals surface area contributed by atoms with Crippen LogP contribution in [0.15, 0.2) is 55.8 Å². The summed E-state index contributed by atoms with van der Waals surface area (Å²) in [7, 11) is 0. The van der Waals surface area contributed by atoms with Crippen LogP contribution >= 0.6 is 11.6 Å². The number of nitrogens with one attached hydrogen (secondary N) is 2. The number of hydrogen-bond acceptors (Lipinski definition) is 2. The van der Waals surface area contributed by atoms with Gasteiger partial charge in [-0.3, -0.25) is 0 Å². The lowest BCUT2D eigenvalue weighted by Crippen LogP contribution is -2.14.